The number of benzene rings is 1. The normalized spacial score (nSPS) is 11.2. The molecule has 3 aromatic rings. The number of hydrogen-bond donors (Lipinski definition) is 0. The lowest BCUT2D eigenvalue weighted by Crippen LogP contribution is -2.34. The van der Waals surface area contributed by atoms with E-state index in [1.807, 2.05) is 38.1 Å². The SMILES string of the molecule is Cc1conc1C(=O)N(CCC(C)C)c1nnc(C)c2ccccc12. The highest BCUT2D eigenvalue weighted by atomic mass is 16.5. The summed E-state index contributed by atoms with van der Waals surface area (Å²) in [5.41, 5.74) is 1.87. The molecule has 0 atom stereocenters. The summed E-state index contributed by atoms with van der Waals surface area (Å²) in [6.07, 6.45) is 2.33. The second-order valence-corrected chi connectivity index (χ2v) is 6.64. The van der Waals surface area contributed by atoms with Gasteiger partial charge in [0.25, 0.3) is 5.91 Å². The molecule has 0 radical (unpaired) electrons. The van der Waals surface area contributed by atoms with E-state index in [4.69, 9.17) is 4.52 Å². The van der Waals surface area contributed by atoms with Crippen LogP contribution in [0.1, 0.15) is 42.0 Å². The molecule has 1 amide bonds. The number of aromatic nitrogens is 3. The second-order valence-electron chi connectivity index (χ2n) is 6.64. The summed E-state index contributed by atoms with van der Waals surface area (Å²) in [5, 5.41) is 14.4. The largest absolute Gasteiger partial charge is 0.364 e. The van der Waals surface area contributed by atoms with Gasteiger partial charge in [0.15, 0.2) is 11.5 Å². The first-order chi connectivity index (χ1) is 12.0. The molecule has 130 valence electrons. The molecule has 25 heavy (non-hydrogen) atoms. The van der Waals surface area contributed by atoms with Gasteiger partial charge in [0, 0.05) is 22.9 Å². The Bertz CT molecular complexity index is 901. The minimum atomic E-state index is -0.213. The predicted molar refractivity (Wildman–Crippen MR) is 96.6 cm³/mol. The number of nitrogens with zero attached hydrogens (tertiary/aromatic N) is 4. The zero-order chi connectivity index (χ0) is 18.0. The summed E-state index contributed by atoms with van der Waals surface area (Å²) in [6.45, 7) is 8.53. The zero-order valence-corrected chi connectivity index (χ0v) is 15.0. The Labute approximate surface area is 146 Å². The first-order valence-corrected chi connectivity index (χ1v) is 8.44. The van der Waals surface area contributed by atoms with E-state index in [-0.39, 0.29) is 5.91 Å². The monoisotopic (exact) mass is 338 g/mol. The molecule has 0 aliphatic carbocycles. The van der Waals surface area contributed by atoms with Gasteiger partial charge < -0.3 is 4.52 Å². The van der Waals surface area contributed by atoms with Gasteiger partial charge in [0.2, 0.25) is 0 Å². The third kappa shape index (κ3) is 3.38. The summed E-state index contributed by atoms with van der Waals surface area (Å²) in [5.74, 6) is 0.808. The molecule has 2 aromatic heterocycles. The maximum absolute atomic E-state index is 13.1. The van der Waals surface area contributed by atoms with Crippen LogP contribution in [0, 0.1) is 19.8 Å². The molecule has 1 aromatic carbocycles. The summed E-state index contributed by atoms with van der Waals surface area (Å²) in [4.78, 5) is 14.8. The van der Waals surface area contributed by atoms with Crippen molar-refractivity contribution in [1.29, 1.82) is 0 Å². The fraction of sp³-hybridized carbons (Fsp3) is 0.368. The van der Waals surface area contributed by atoms with Crippen molar-refractivity contribution in [1.82, 2.24) is 15.4 Å². The van der Waals surface area contributed by atoms with Gasteiger partial charge in [0.05, 0.1) is 5.69 Å². The molecule has 0 saturated heterocycles. The molecule has 0 aliphatic heterocycles. The molecule has 2 heterocycles. The van der Waals surface area contributed by atoms with Gasteiger partial charge in [-0.3, -0.25) is 9.69 Å². The molecule has 6 heteroatoms. The van der Waals surface area contributed by atoms with E-state index in [2.05, 4.69) is 29.2 Å². The van der Waals surface area contributed by atoms with Crippen LogP contribution >= 0.6 is 0 Å². The molecule has 6 nitrogen and oxygen atoms in total. The fourth-order valence-corrected chi connectivity index (χ4v) is 2.74. The van der Waals surface area contributed by atoms with Gasteiger partial charge >= 0.3 is 0 Å². The molecule has 3 rings (SSSR count). The van der Waals surface area contributed by atoms with Gasteiger partial charge in [-0.25, -0.2) is 0 Å². The predicted octanol–water partition coefficient (Wildman–Crippen LogP) is 3.93. The number of hydrogen-bond acceptors (Lipinski definition) is 5. The quantitative estimate of drug-likeness (QED) is 0.705. The van der Waals surface area contributed by atoms with Gasteiger partial charge in [-0.2, -0.15) is 5.10 Å². The fourth-order valence-electron chi connectivity index (χ4n) is 2.74. The van der Waals surface area contributed by atoms with Crippen LogP contribution in [0.5, 0.6) is 0 Å². The molecule has 0 aliphatic rings. The third-order valence-electron chi connectivity index (χ3n) is 4.23. The average molecular weight is 338 g/mol. The van der Waals surface area contributed by atoms with Crippen molar-refractivity contribution in [2.75, 3.05) is 11.4 Å². The lowest BCUT2D eigenvalue weighted by Gasteiger charge is -2.23. The number of carbonyl (C=O) groups is 1. The van der Waals surface area contributed by atoms with Crippen molar-refractivity contribution < 1.29 is 9.32 Å². The van der Waals surface area contributed by atoms with Gasteiger partial charge in [-0.15, -0.1) is 5.10 Å². The zero-order valence-electron chi connectivity index (χ0n) is 15.0. The number of aryl methyl sites for hydroxylation is 2. The second kappa shape index (κ2) is 7.01. The van der Waals surface area contributed by atoms with Crippen LogP contribution in [-0.4, -0.2) is 27.8 Å². The van der Waals surface area contributed by atoms with Crippen LogP contribution in [-0.2, 0) is 0 Å². The summed E-state index contributed by atoms with van der Waals surface area (Å²) < 4.78 is 4.95. The minimum Gasteiger partial charge on any atom is -0.364 e. The van der Waals surface area contributed by atoms with Crippen LogP contribution in [0.4, 0.5) is 5.82 Å². The summed E-state index contributed by atoms with van der Waals surface area (Å²) >= 11 is 0. The molecule has 0 N–H and O–H groups in total. The van der Waals surface area contributed by atoms with E-state index < -0.39 is 0 Å². The molecule has 0 saturated carbocycles. The maximum atomic E-state index is 13.1. The van der Waals surface area contributed by atoms with Crippen molar-refractivity contribution in [3.05, 3.63) is 47.5 Å². The van der Waals surface area contributed by atoms with Crippen LogP contribution < -0.4 is 4.90 Å². The van der Waals surface area contributed by atoms with E-state index in [1.54, 1.807) is 4.90 Å². The molecule has 0 spiro atoms. The third-order valence-corrected chi connectivity index (χ3v) is 4.23. The van der Waals surface area contributed by atoms with Crippen LogP contribution in [0.2, 0.25) is 0 Å². The molecule has 0 bridgehead atoms. The van der Waals surface area contributed by atoms with Gasteiger partial charge in [0.1, 0.15) is 6.26 Å². The van der Waals surface area contributed by atoms with E-state index in [1.165, 1.54) is 6.26 Å². The number of carbonyl (C=O) groups excluding carboxylic acids is 1. The number of anilines is 1. The Balaban J connectivity index is 2.10. The van der Waals surface area contributed by atoms with Crippen LogP contribution in [0.25, 0.3) is 10.8 Å². The lowest BCUT2D eigenvalue weighted by molar-refractivity contribution is 0.0976. The minimum absolute atomic E-state index is 0.213. The van der Waals surface area contributed by atoms with Gasteiger partial charge in [-0.1, -0.05) is 43.3 Å². The van der Waals surface area contributed by atoms with Crippen molar-refractivity contribution in [2.45, 2.75) is 34.1 Å². The van der Waals surface area contributed by atoms with E-state index in [0.717, 1.165) is 22.9 Å². The van der Waals surface area contributed by atoms with Crippen LogP contribution in [0.15, 0.2) is 35.1 Å². The number of rotatable bonds is 5. The van der Waals surface area contributed by atoms with E-state index >= 15 is 0 Å². The van der Waals surface area contributed by atoms with Crippen molar-refractivity contribution in [3.8, 4) is 0 Å². The van der Waals surface area contributed by atoms with Crippen molar-refractivity contribution in [2.24, 2.45) is 5.92 Å². The number of fused-ring (bicyclic) bond motifs is 1. The molecule has 0 fully saturated rings. The number of amides is 1. The maximum Gasteiger partial charge on any atom is 0.281 e. The first-order valence-electron chi connectivity index (χ1n) is 8.44. The average Bonchev–Trinajstić information content (AvgIpc) is 3.02. The standard InChI is InChI=1S/C19H22N4O2/c1-12(2)9-10-23(19(24)17-13(3)11-25-22-17)18-16-8-6-5-7-15(16)14(4)20-21-18/h5-8,11-12H,9-10H2,1-4H3. The summed E-state index contributed by atoms with van der Waals surface area (Å²) in [7, 11) is 0. The van der Waals surface area contributed by atoms with Crippen molar-refractivity contribution >= 4 is 22.5 Å². The Hall–Kier alpha value is -2.76. The summed E-state index contributed by atoms with van der Waals surface area (Å²) in [6, 6.07) is 7.87. The Morgan fingerprint density at radius 1 is 1.16 bits per heavy atom. The molecule has 0 unspecified atom stereocenters. The van der Waals surface area contributed by atoms with Gasteiger partial charge in [-0.05, 0) is 26.2 Å². The van der Waals surface area contributed by atoms with Crippen molar-refractivity contribution in [3.63, 3.8) is 0 Å². The Kier molecular flexibility index (Phi) is 4.79. The van der Waals surface area contributed by atoms with Crippen LogP contribution in [0.3, 0.4) is 0 Å². The highest BCUT2D eigenvalue weighted by Crippen LogP contribution is 2.27. The Morgan fingerprint density at radius 2 is 1.88 bits per heavy atom. The Morgan fingerprint density at radius 3 is 2.52 bits per heavy atom. The molecular formula is C19H22N4O2. The highest BCUT2D eigenvalue weighted by molar-refractivity contribution is 6.09. The topological polar surface area (TPSA) is 72.1 Å². The smallest absolute Gasteiger partial charge is 0.281 e. The highest BCUT2D eigenvalue weighted by Gasteiger charge is 2.25. The lowest BCUT2D eigenvalue weighted by atomic mass is 10.1. The van der Waals surface area contributed by atoms with E-state index in [0.29, 0.717) is 29.5 Å². The van der Waals surface area contributed by atoms with E-state index in [9.17, 15) is 4.79 Å². The first kappa shape index (κ1) is 17.1. The molecular weight excluding hydrogens is 316 g/mol.